The number of aldehydes is 1. The molecular formula is C21H23NO4. The van der Waals surface area contributed by atoms with Gasteiger partial charge < -0.3 is 14.4 Å². The largest absolute Gasteiger partial charge is 0.497 e. The minimum Gasteiger partial charge on any atom is -0.497 e. The van der Waals surface area contributed by atoms with Crippen molar-refractivity contribution in [1.82, 2.24) is 4.90 Å². The fraction of sp³-hybridized carbons (Fsp3) is 0.333. The lowest BCUT2D eigenvalue weighted by atomic mass is 10.1. The molecule has 5 heteroatoms. The van der Waals surface area contributed by atoms with Crippen LogP contribution in [0.3, 0.4) is 0 Å². The van der Waals surface area contributed by atoms with E-state index in [2.05, 4.69) is 0 Å². The van der Waals surface area contributed by atoms with Gasteiger partial charge in [0.2, 0.25) is 6.10 Å². The number of methoxy groups -OCH3 is 1. The number of likely N-dealkylation sites (tertiary alicyclic amines) is 1. The van der Waals surface area contributed by atoms with Crippen molar-refractivity contribution in [2.75, 3.05) is 20.2 Å². The van der Waals surface area contributed by atoms with Crippen molar-refractivity contribution in [1.29, 1.82) is 0 Å². The molecule has 1 amide bonds. The van der Waals surface area contributed by atoms with Crippen molar-refractivity contribution in [2.24, 2.45) is 0 Å². The molecule has 1 aliphatic rings. The van der Waals surface area contributed by atoms with Gasteiger partial charge in [-0.25, -0.2) is 0 Å². The predicted octanol–water partition coefficient (Wildman–Crippen LogP) is 3.64. The first-order chi connectivity index (χ1) is 12.7. The van der Waals surface area contributed by atoms with Crippen LogP contribution in [-0.4, -0.2) is 37.3 Å². The maximum absolute atomic E-state index is 13.1. The van der Waals surface area contributed by atoms with E-state index in [0.717, 1.165) is 37.9 Å². The molecule has 0 aromatic heterocycles. The van der Waals surface area contributed by atoms with Crippen LogP contribution >= 0.6 is 0 Å². The summed E-state index contributed by atoms with van der Waals surface area (Å²) in [5.41, 5.74) is 1.13. The normalized spacial score (nSPS) is 15.2. The molecule has 0 saturated carbocycles. The summed E-state index contributed by atoms with van der Waals surface area (Å²) in [6.45, 7) is 1.49. The van der Waals surface area contributed by atoms with Crippen LogP contribution in [0.15, 0.2) is 48.5 Å². The Hall–Kier alpha value is -2.82. The molecule has 2 aromatic carbocycles. The van der Waals surface area contributed by atoms with Gasteiger partial charge in [-0.2, -0.15) is 0 Å². The van der Waals surface area contributed by atoms with E-state index in [1.165, 1.54) is 7.11 Å². The number of piperidine rings is 1. The second kappa shape index (κ2) is 8.52. The molecule has 1 aliphatic heterocycles. The van der Waals surface area contributed by atoms with Gasteiger partial charge >= 0.3 is 0 Å². The molecule has 2 aromatic rings. The van der Waals surface area contributed by atoms with Gasteiger partial charge in [-0.1, -0.05) is 30.3 Å². The minimum atomic E-state index is -0.776. The van der Waals surface area contributed by atoms with Crippen molar-refractivity contribution < 1.29 is 19.1 Å². The molecule has 26 heavy (non-hydrogen) atoms. The maximum atomic E-state index is 13.1. The van der Waals surface area contributed by atoms with Crippen molar-refractivity contribution in [3.63, 3.8) is 0 Å². The number of carbonyl (C=O) groups is 2. The summed E-state index contributed by atoms with van der Waals surface area (Å²) in [5.74, 6) is 0.877. The molecule has 1 fully saturated rings. The second-order valence-corrected chi connectivity index (χ2v) is 6.32. The highest BCUT2D eigenvalue weighted by atomic mass is 16.5. The molecular weight excluding hydrogens is 330 g/mol. The number of hydrogen-bond donors (Lipinski definition) is 0. The Morgan fingerprint density at radius 2 is 1.81 bits per heavy atom. The third-order valence-electron chi connectivity index (χ3n) is 4.58. The quantitative estimate of drug-likeness (QED) is 0.744. The van der Waals surface area contributed by atoms with Gasteiger partial charge in [0.05, 0.1) is 12.7 Å². The molecule has 0 N–H and O–H groups in total. The number of benzene rings is 2. The summed E-state index contributed by atoms with van der Waals surface area (Å²) < 4.78 is 11.2. The van der Waals surface area contributed by atoms with Crippen molar-refractivity contribution >= 4 is 12.2 Å². The SMILES string of the molecule is COc1ccc(O[C@@H](C(=O)N2CCCCC2)c2ccccc2)c(C=O)c1. The first kappa shape index (κ1) is 18.0. The average molecular weight is 353 g/mol. The monoisotopic (exact) mass is 353 g/mol. The Morgan fingerprint density at radius 3 is 2.46 bits per heavy atom. The Balaban J connectivity index is 1.91. The molecule has 1 saturated heterocycles. The number of ether oxygens (including phenoxy) is 2. The van der Waals surface area contributed by atoms with Gasteiger partial charge in [-0.15, -0.1) is 0 Å². The van der Waals surface area contributed by atoms with Gasteiger partial charge in [0.1, 0.15) is 11.5 Å². The second-order valence-electron chi connectivity index (χ2n) is 6.32. The summed E-state index contributed by atoms with van der Waals surface area (Å²) in [6.07, 6.45) is 3.10. The van der Waals surface area contributed by atoms with Crippen LogP contribution < -0.4 is 9.47 Å². The summed E-state index contributed by atoms with van der Waals surface area (Å²) >= 11 is 0. The van der Waals surface area contributed by atoms with Crippen LogP contribution in [0.5, 0.6) is 11.5 Å². The molecule has 0 aliphatic carbocycles. The zero-order valence-electron chi connectivity index (χ0n) is 14.9. The highest BCUT2D eigenvalue weighted by Gasteiger charge is 2.29. The van der Waals surface area contributed by atoms with E-state index in [1.54, 1.807) is 18.2 Å². The van der Waals surface area contributed by atoms with Gasteiger partial charge in [0.25, 0.3) is 5.91 Å². The van der Waals surface area contributed by atoms with E-state index in [1.807, 2.05) is 35.2 Å². The average Bonchev–Trinajstić information content (AvgIpc) is 2.72. The predicted molar refractivity (Wildman–Crippen MR) is 98.6 cm³/mol. The Bertz CT molecular complexity index is 754. The Morgan fingerprint density at radius 1 is 1.08 bits per heavy atom. The molecule has 0 bridgehead atoms. The van der Waals surface area contributed by atoms with E-state index in [-0.39, 0.29) is 5.91 Å². The number of nitrogens with zero attached hydrogens (tertiary/aromatic N) is 1. The topological polar surface area (TPSA) is 55.8 Å². The van der Waals surface area contributed by atoms with Gasteiger partial charge in [0.15, 0.2) is 6.29 Å². The van der Waals surface area contributed by atoms with Gasteiger partial charge in [-0.3, -0.25) is 9.59 Å². The summed E-state index contributed by atoms with van der Waals surface area (Å²) in [5, 5.41) is 0. The fourth-order valence-corrected chi connectivity index (χ4v) is 3.15. The molecule has 3 rings (SSSR count). The van der Waals surface area contributed by atoms with Crippen LogP contribution in [0.1, 0.15) is 41.3 Å². The van der Waals surface area contributed by atoms with Crippen LogP contribution in [0, 0.1) is 0 Å². The van der Waals surface area contributed by atoms with Crippen LogP contribution in [-0.2, 0) is 4.79 Å². The highest BCUT2D eigenvalue weighted by molar-refractivity contribution is 5.84. The molecule has 0 spiro atoms. The lowest BCUT2D eigenvalue weighted by Gasteiger charge is -2.31. The highest BCUT2D eigenvalue weighted by Crippen LogP contribution is 2.29. The van der Waals surface area contributed by atoms with E-state index < -0.39 is 6.10 Å². The first-order valence-corrected chi connectivity index (χ1v) is 8.86. The maximum Gasteiger partial charge on any atom is 0.268 e. The van der Waals surface area contributed by atoms with Crippen molar-refractivity contribution in [3.8, 4) is 11.5 Å². The van der Waals surface area contributed by atoms with Crippen LogP contribution in [0.4, 0.5) is 0 Å². The molecule has 5 nitrogen and oxygen atoms in total. The number of rotatable bonds is 6. The minimum absolute atomic E-state index is 0.0661. The Kier molecular flexibility index (Phi) is 5.89. The van der Waals surface area contributed by atoms with E-state index in [4.69, 9.17) is 9.47 Å². The molecule has 0 radical (unpaired) electrons. The fourth-order valence-electron chi connectivity index (χ4n) is 3.15. The van der Waals surface area contributed by atoms with Crippen LogP contribution in [0.25, 0.3) is 0 Å². The molecule has 1 atom stereocenters. The third kappa shape index (κ3) is 4.04. The van der Waals surface area contributed by atoms with E-state index in [9.17, 15) is 9.59 Å². The number of amides is 1. The smallest absolute Gasteiger partial charge is 0.268 e. The summed E-state index contributed by atoms with van der Waals surface area (Å²) in [4.78, 5) is 26.4. The molecule has 1 heterocycles. The molecule has 136 valence electrons. The Labute approximate surface area is 153 Å². The summed E-state index contributed by atoms with van der Waals surface area (Å²) in [7, 11) is 1.54. The first-order valence-electron chi connectivity index (χ1n) is 8.86. The third-order valence-corrected chi connectivity index (χ3v) is 4.58. The van der Waals surface area contributed by atoms with Gasteiger partial charge in [-0.05, 0) is 37.5 Å². The lowest BCUT2D eigenvalue weighted by Crippen LogP contribution is -2.40. The van der Waals surface area contributed by atoms with E-state index in [0.29, 0.717) is 23.3 Å². The standard InChI is InChI=1S/C21H23NO4/c1-25-18-10-11-19(17(14-18)15-23)26-20(16-8-4-2-5-9-16)21(24)22-12-6-3-7-13-22/h2,4-5,8-11,14-15,20H,3,6-7,12-13H2,1H3/t20-/m1/s1. The van der Waals surface area contributed by atoms with Crippen LogP contribution in [0.2, 0.25) is 0 Å². The summed E-state index contributed by atoms with van der Waals surface area (Å²) in [6, 6.07) is 14.4. The number of carbonyl (C=O) groups excluding carboxylic acids is 2. The van der Waals surface area contributed by atoms with Crippen molar-refractivity contribution in [3.05, 3.63) is 59.7 Å². The lowest BCUT2D eigenvalue weighted by molar-refractivity contribution is -0.140. The zero-order valence-corrected chi connectivity index (χ0v) is 14.9. The van der Waals surface area contributed by atoms with Gasteiger partial charge in [0, 0.05) is 18.7 Å². The zero-order chi connectivity index (χ0) is 18.4. The van der Waals surface area contributed by atoms with E-state index >= 15 is 0 Å². The van der Waals surface area contributed by atoms with Crippen molar-refractivity contribution in [2.45, 2.75) is 25.4 Å². The number of hydrogen-bond acceptors (Lipinski definition) is 4. The molecule has 0 unspecified atom stereocenters.